The molecule has 0 saturated carbocycles. The van der Waals surface area contributed by atoms with E-state index in [0.717, 1.165) is 24.3 Å². The molecule has 1 amide bonds. The van der Waals surface area contributed by atoms with E-state index in [4.69, 9.17) is 4.74 Å². The number of hydrogen-bond donors (Lipinski definition) is 1. The summed E-state index contributed by atoms with van der Waals surface area (Å²) in [4.78, 5) is 26.5. The van der Waals surface area contributed by atoms with Crippen LogP contribution in [-0.4, -0.2) is 31.6 Å². The van der Waals surface area contributed by atoms with Gasteiger partial charge in [0.25, 0.3) is 5.91 Å². The van der Waals surface area contributed by atoms with Gasteiger partial charge in [-0.05, 0) is 62.0 Å². The van der Waals surface area contributed by atoms with E-state index in [1.165, 1.54) is 11.3 Å². The molecule has 1 aromatic heterocycles. The highest BCUT2D eigenvalue weighted by atomic mass is 32.1. The number of aryl methyl sites for hydroxylation is 1. The van der Waals surface area contributed by atoms with Crippen LogP contribution in [0.1, 0.15) is 29.1 Å². The molecule has 1 N–H and O–H groups in total. The minimum absolute atomic E-state index is 0.298. The van der Waals surface area contributed by atoms with Crippen molar-refractivity contribution in [3.63, 3.8) is 0 Å². The zero-order chi connectivity index (χ0) is 17.5. The van der Waals surface area contributed by atoms with Gasteiger partial charge in [-0.25, -0.2) is 4.79 Å². The van der Waals surface area contributed by atoms with Crippen LogP contribution in [0.5, 0.6) is 0 Å². The van der Waals surface area contributed by atoms with Crippen LogP contribution in [0, 0.1) is 6.92 Å². The minimum atomic E-state index is -0.463. The van der Waals surface area contributed by atoms with Crippen LogP contribution in [0.4, 0.5) is 11.4 Å². The van der Waals surface area contributed by atoms with Crippen LogP contribution in [0.3, 0.4) is 0 Å². The SMILES string of the molecule is CCN(CC)c1ccc(NC(=O)COC(=O)c2sccc2C)cc1. The molecule has 0 spiro atoms. The summed E-state index contributed by atoms with van der Waals surface area (Å²) in [7, 11) is 0. The van der Waals surface area contributed by atoms with Crippen LogP contribution in [-0.2, 0) is 9.53 Å². The molecule has 0 unspecified atom stereocenters. The van der Waals surface area contributed by atoms with Crippen molar-refractivity contribution < 1.29 is 14.3 Å². The number of ether oxygens (including phenoxy) is 1. The second-order valence-electron chi connectivity index (χ2n) is 5.28. The van der Waals surface area contributed by atoms with E-state index < -0.39 is 5.97 Å². The second-order valence-corrected chi connectivity index (χ2v) is 6.19. The fraction of sp³-hybridized carbons (Fsp3) is 0.333. The lowest BCUT2D eigenvalue weighted by Gasteiger charge is -2.21. The highest BCUT2D eigenvalue weighted by Crippen LogP contribution is 2.18. The van der Waals surface area contributed by atoms with Crippen molar-refractivity contribution in [2.45, 2.75) is 20.8 Å². The summed E-state index contributed by atoms with van der Waals surface area (Å²) in [6.07, 6.45) is 0. The van der Waals surface area contributed by atoms with Crippen LogP contribution in [0.15, 0.2) is 35.7 Å². The first kappa shape index (κ1) is 18.0. The number of nitrogens with zero attached hydrogens (tertiary/aromatic N) is 1. The average molecular weight is 346 g/mol. The maximum atomic E-state index is 11.9. The van der Waals surface area contributed by atoms with Crippen molar-refractivity contribution in [1.29, 1.82) is 0 Å². The maximum absolute atomic E-state index is 11.9. The van der Waals surface area contributed by atoms with Crippen LogP contribution in [0.25, 0.3) is 0 Å². The summed E-state index contributed by atoms with van der Waals surface area (Å²) in [5.41, 5.74) is 2.65. The standard InChI is InChI=1S/C18H22N2O3S/c1-4-20(5-2)15-8-6-14(7-9-15)19-16(21)12-23-18(22)17-13(3)10-11-24-17/h6-11H,4-5,12H2,1-3H3,(H,19,21). The molecule has 24 heavy (non-hydrogen) atoms. The molecule has 0 aliphatic carbocycles. The Balaban J connectivity index is 1.86. The van der Waals surface area contributed by atoms with Gasteiger partial charge in [-0.15, -0.1) is 11.3 Å². The largest absolute Gasteiger partial charge is 0.451 e. The molecule has 128 valence electrons. The normalized spacial score (nSPS) is 10.3. The first-order valence-corrected chi connectivity index (χ1v) is 8.79. The Bertz CT molecular complexity index is 691. The molecule has 0 aliphatic rings. The molecule has 6 heteroatoms. The second kappa shape index (κ2) is 8.49. The lowest BCUT2D eigenvalue weighted by Crippen LogP contribution is -2.22. The summed E-state index contributed by atoms with van der Waals surface area (Å²) in [5.74, 6) is -0.817. The molecule has 0 bridgehead atoms. The van der Waals surface area contributed by atoms with E-state index >= 15 is 0 Å². The first-order valence-electron chi connectivity index (χ1n) is 7.91. The predicted octanol–water partition coefficient (Wildman–Crippen LogP) is 3.70. The van der Waals surface area contributed by atoms with Gasteiger partial charge in [-0.2, -0.15) is 0 Å². The molecule has 1 aromatic carbocycles. The number of nitrogens with one attached hydrogen (secondary N) is 1. The Kier molecular flexibility index (Phi) is 6.37. The number of anilines is 2. The van der Waals surface area contributed by atoms with Gasteiger partial charge in [0, 0.05) is 24.5 Å². The highest BCUT2D eigenvalue weighted by molar-refractivity contribution is 7.12. The molecule has 5 nitrogen and oxygen atoms in total. The van der Waals surface area contributed by atoms with Crippen molar-refractivity contribution in [2.75, 3.05) is 29.9 Å². The van der Waals surface area contributed by atoms with Gasteiger partial charge in [0.05, 0.1) is 0 Å². The van der Waals surface area contributed by atoms with E-state index in [0.29, 0.717) is 10.6 Å². The third-order valence-corrected chi connectivity index (χ3v) is 4.66. The highest BCUT2D eigenvalue weighted by Gasteiger charge is 2.14. The minimum Gasteiger partial charge on any atom is -0.451 e. The van der Waals surface area contributed by atoms with Crippen molar-refractivity contribution in [2.24, 2.45) is 0 Å². The fourth-order valence-electron chi connectivity index (χ4n) is 2.32. The molecule has 1 heterocycles. The molecule has 2 aromatic rings. The molecule has 0 aliphatic heterocycles. The monoisotopic (exact) mass is 346 g/mol. The lowest BCUT2D eigenvalue weighted by atomic mass is 10.2. The van der Waals surface area contributed by atoms with Gasteiger partial charge in [-0.1, -0.05) is 0 Å². The third-order valence-electron chi connectivity index (χ3n) is 3.66. The number of hydrogen-bond acceptors (Lipinski definition) is 5. The van der Waals surface area contributed by atoms with Crippen molar-refractivity contribution in [3.8, 4) is 0 Å². The van der Waals surface area contributed by atoms with Gasteiger partial charge in [0.1, 0.15) is 4.88 Å². The van der Waals surface area contributed by atoms with Gasteiger partial charge in [-0.3, -0.25) is 4.79 Å². The first-order chi connectivity index (χ1) is 11.5. The van der Waals surface area contributed by atoms with E-state index in [2.05, 4.69) is 24.1 Å². The van der Waals surface area contributed by atoms with Gasteiger partial charge in [0.15, 0.2) is 6.61 Å². The van der Waals surface area contributed by atoms with Crippen molar-refractivity contribution in [3.05, 3.63) is 46.2 Å². The van der Waals surface area contributed by atoms with Gasteiger partial charge in [0.2, 0.25) is 0 Å². The van der Waals surface area contributed by atoms with Crippen LogP contribution >= 0.6 is 11.3 Å². The van der Waals surface area contributed by atoms with E-state index in [1.54, 1.807) is 0 Å². The summed E-state index contributed by atoms with van der Waals surface area (Å²) in [6, 6.07) is 9.46. The third kappa shape index (κ3) is 4.58. The Morgan fingerprint density at radius 1 is 1.12 bits per heavy atom. The number of carbonyl (C=O) groups excluding carboxylic acids is 2. The summed E-state index contributed by atoms with van der Waals surface area (Å²) < 4.78 is 5.05. The zero-order valence-corrected chi connectivity index (χ0v) is 15.0. The van der Waals surface area contributed by atoms with Gasteiger partial charge < -0.3 is 15.0 Å². The Morgan fingerprint density at radius 2 is 1.79 bits per heavy atom. The summed E-state index contributed by atoms with van der Waals surface area (Å²) in [6.45, 7) is 7.60. The van der Waals surface area contributed by atoms with E-state index in [9.17, 15) is 9.59 Å². The molecule has 2 rings (SSSR count). The average Bonchev–Trinajstić information content (AvgIpc) is 3.01. The Labute approximate surface area is 146 Å². The zero-order valence-electron chi connectivity index (χ0n) is 14.2. The van der Waals surface area contributed by atoms with Crippen molar-refractivity contribution >= 4 is 34.6 Å². The molecular formula is C18H22N2O3S. The number of esters is 1. The number of carbonyl (C=O) groups is 2. The predicted molar refractivity (Wildman–Crippen MR) is 98.0 cm³/mol. The van der Waals surface area contributed by atoms with Crippen LogP contribution in [0.2, 0.25) is 0 Å². The molecule has 0 radical (unpaired) electrons. The molecule has 0 fully saturated rings. The Hall–Kier alpha value is -2.34. The topological polar surface area (TPSA) is 58.6 Å². The molecule has 0 atom stereocenters. The number of amides is 1. The maximum Gasteiger partial charge on any atom is 0.349 e. The number of benzene rings is 1. The smallest absolute Gasteiger partial charge is 0.349 e. The number of thiophene rings is 1. The molecule has 0 saturated heterocycles. The summed E-state index contributed by atoms with van der Waals surface area (Å²) in [5, 5.41) is 4.55. The quantitative estimate of drug-likeness (QED) is 0.777. The van der Waals surface area contributed by atoms with E-state index in [1.807, 2.05) is 42.6 Å². The fourth-order valence-corrected chi connectivity index (χ4v) is 3.14. The molecular weight excluding hydrogens is 324 g/mol. The number of rotatable bonds is 7. The van der Waals surface area contributed by atoms with Gasteiger partial charge >= 0.3 is 5.97 Å². The Morgan fingerprint density at radius 3 is 2.33 bits per heavy atom. The summed E-state index contributed by atoms with van der Waals surface area (Å²) >= 11 is 1.31. The van der Waals surface area contributed by atoms with Crippen LogP contribution < -0.4 is 10.2 Å². The van der Waals surface area contributed by atoms with Crippen molar-refractivity contribution in [1.82, 2.24) is 0 Å². The van der Waals surface area contributed by atoms with E-state index in [-0.39, 0.29) is 12.5 Å². The lowest BCUT2D eigenvalue weighted by molar-refractivity contribution is -0.119.